The van der Waals surface area contributed by atoms with E-state index in [0.29, 0.717) is 18.2 Å². The Labute approximate surface area is 115 Å². The number of carbonyl (C=O) groups excluding carboxylic acids is 1. The van der Waals surface area contributed by atoms with Crippen LogP contribution in [0.3, 0.4) is 0 Å². The molecule has 0 radical (unpaired) electrons. The fraction of sp³-hybridized carbons (Fsp3) is 0.462. The molecule has 0 aliphatic carbocycles. The van der Waals surface area contributed by atoms with Gasteiger partial charge in [-0.2, -0.15) is 13.2 Å². The highest BCUT2D eigenvalue weighted by molar-refractivity contribution is 5.82. The van der Waals surface area contributed by atoms with Gasteiger partial charge in [0.1, 0.15) is 0 Å². The molecule has 1 rings (SSSR count). The Balaban J connectivity index is 2.59. The summed E-state index contributed by atoms with van der Waals surface area (Å²) in [6, 6.07) is 2.98. The van der Waals surface area contributed by atoms with Gasteiger partial charge in [-0.3, -0.25) is 4.79 Å². The van der Waals surface area contributed by atoms with Crippen LogP contribution in [-0.2, 0) is 11.0 Å². The van der Waals surface area contributed by atoms with E-state index in [1.165, 1.54) is 6.07 Å². The Morgan fingerprint density at radius 3 is 2.50 bits per heavy atom. The SMILES string of the molecule is CC(C)CNC(=O)CNc1ccc(C(F)(F)F)cc1N. The number of rotatable bonds is 5. The van der Waals surface area contributed by atoms with E-state index in [4.69, 9.17) is 5.73 Å². The van der Waals surface area contributed by atoms with Crippen LogP contribution in [0, 0.1) is 5.92 Å². The van der Waals surface area contributed by atoms with Crippen molar-refractivity contribution in [2.45, 2.75) is 20.0 Å². The standard InChI is InChI=1S/C13H18F3N3O/c1-8(2)6-19-12(20)7-18-11-4-3-9(5-10(11)17)13(14,15)16/h3-5,8,18H,6-7,17H2,1-2H3,(H,19,20). The van der Waals surface area contributed by atoms with Crippen LogP contribution >= 0.6 is 0 Å². The molecular weight excluding hydrogens is 271 g/mol. The van der Waals surface area contributed by atoms with E-state index in [1.54, 1.807) is 0 Å². The summed E-state index contributed by atoms with van der Waals surface area (Å²) in [5.74, 6) is 0.0908. The molecule has 0 aromatic heterocycles. The van der Waals surface area contributed by atoms with Crippen molar-refractivity contribution in [3.8, 4) is 0 Å². The first-order valence-corrected chi connectivity index (χ1v) is 6.17. The Hall–Kier alpha value is -1.92. The topological polar surface area (TPSA) is 67.2 Å². The van der Waals surface area contributed by atoms with Crippen molar-refractivity contribution in [2.24, 2.45) is 5.92 Å². The third-order valence-electron chi connectivity index (χ3n) is 2.53. The van der Waals surface area contributed by atoms with Gasteiger partial charge in [-0.25, -0.2) is 0 Å². The molecule has 1 amide bonds. The molecule has 0 unspecified atom stereocenters. The highest BCUT2D eigenvalue weighted by Gasteiger charge is 2.30. The predicted octanol–water partition coefficient (Wildman–Crippen LogP) is 2.47. The zero-order valence-electron chi connectivity index (χ0n) is 11.3. The molecule has 0 atom stereocenters. The Morgan fingerprint density at radius 1 is 1.35 bits per heavy atom. The van der Waals surface area contributed by atoms with E-state index in [-0.39, 0.29) is 18.1 Å². The van der Waals surface area contributed by atoms with Gasteiger partial charge in [0.2, 0.25) is 5.91 Å². The zero-order valence-corrected chi connectivity index (χ0v) is 11.3. The maximum Gasteiger partial charge on any atom is 0.416 e. The van der Waals surface area contributed by atoms with E-state index < -0.39 is 11.7 Å². The molecule has 112 valence electrons. The molecule has 0 aliphatic heterocycles. The molecule has 0 fully saturated rings. The number of carbonyl (C=O) groups is 1. The van der Waals surface area contributed by atoms with Crippen molar-refractivity contribution in [3.63, 3.8) is 0 Å². The lowest BCUT2D eigenvalue weighted by atomic mass is 10.1. The molecular formula is C13H18F3N3O. The Morgan fingerprint density at radius 2 is 2.00 bits per heavy atom. The molecule has 1 aromatic carbocycles. The van der Waals surface area contributed by atoms with Gasteiger partial charge in [0.25, 0.3) is 0 Å². The van der Waals surface area contributed by atoms with Crippen molar-refractivity contribution in [2.75, 3.05) is 24.1 Å². The smallest absolute Gasteiger partial charge is 0.397 e. The average Bonchev–Trinajstić information content (AvgIpc) is 2.33. The summed E-state index contributed by atoms with van der Waals surface area (Å²) in [5.41, 5.74) is 4.98. The summed E-state index contributed by atoms with van der Waals surface area (Å²) >= 11 is 0. The largest absolute Gasteiger partial charge is 0.416 e. The van der Waals surface area contributed by atoms with Crippen LogP contribution < -0.4 is 16.4 Å². The van der Waals surface area contributed by atoms with Crippen molar-refractivity contribution in [1.82, 2.24) is 5.32 Å². The molecule has 1 aromatic rings. The molecule has 0 saturated carbocycles. The van der Waals surface area contributed by atoms with Gasteiger partial charge in [0, 0.05) is 6.54 Å². The lowest BCUT2D eigenvalue weighted by Gasteiger charge is -2.13. The Bertz CT molecular complexity index is 472. The molecule has 4 N–H and O–H groups in total. The van der Waals surface area contributed by atoms with Crippen LogP contribution in [0.1, 0.15) is 19.4 Å². The van der Waals surface area contributed by atoms with Gasteiger partial charge in [0.15, 0.2) is 0 Å². The van der Waals surface area contributed by atoms with E-state index in [0.717, 1.165) is 12.1 Å². The number of nitrogens with one attached hydrogen (secondary N) is 2. The summed E-state index contributed by atoms with van der Waals surface area (Å²) in [6.07, 6.45) is -4.43. The van der Waals surface area contributed by atoms with E-state index in [2.05, 4.69) is 10.6 Å². The molecule has 7 heteroatoms. The quantitative estimate of drug-likeness (QED) is 0.729. The van der Waals surface area contributed by atoms with Crippen LogP contribution in [0.25, 0.3) is 0 Å². The second-order valence-corrected chi connectivity index (χ2v) is 4.85. The van der Waals surface area contributed by atoms with Crippen molar-refractivity contribution < 1.29 is 18.0 Å². The first-order valence-electron chi connectivity index (χ1n) is 6.17. The third kappa shape index (κ3) is 4.99. The summed E-state index contributed by atoms with van der Waals surface area (Å²) in [7, 11) is 0. The maximum atomic E-state index is 12.4. The second kappa shape index (κ2) is 6.49. The van der Waals surface area contributed by atoms with Crippen molar-refractivity contribution >= 4 is 17.3 Å². The van der Waals surface area contributed by atoms with E-state index in [9.17, 15) is 18.0 Å². The van der Waals surface area contributed by atoms with Crippen LogP contribution in [-0.4, -0.2) is 19.0 Å². The number of alkyl halides is 3. The van der Waals surface area contributed by atoms with Gasteiger partial charge < -0.3 is 16.4 Å². The van der Waals surface area contributed by atoms with Crippen LogP contribution in [0.4, 0.5) is 24.5 Å². The van der Waals surface area contributed by atoms with Crippen LogP contribution in [0.15, 0.2) is 18.2 Å². The van der Waals surface area contributed by atoms with Crippen LogP contribution in [0.5, 0.6) is 0 Å². The normalized spacial score (nSPS) is 11.5. The first kappa shape index (κ1) is 16.1. The van der Waals surface area contributed by atoms with Gasteiger partial charge in [0.05, 0.1) is 23.5 Å². The first-order chi connectivity index (χ1) is 9.20. The number of anilines is 2. The predicted molar refractivity (Wildman–Crippen MR) is 72.2 cm³/mol. The second-order valence-electron chi connectivity index (χ2n) is 4.85. The maximum absolute atomic E-state index is 12.4. The van der Waals surface area contributed by atoms with E-state index >= 15 is 0 Å². The third-order valence-corrected chi connectivity index (χ3v) is 2.53. The minimum atomic E-state index is -4.43. The zero-order chi connectivity index (χ0) is 15.3. The van der Waals surface area contributed by atoms with Crippen molar-refractivity contribution in [1.29, 1.82) is 0 Å². The number of hydrogen-bond donors (Lipinski definition) is 3. The minimum Gasteiger partial charge on any atom is -0.397 e. The molecule has 0 bridgehead atoms. The molecule has 0 saturated heterocycles. The summed E-state index contributed by atoms with van der Waals surface area (Å²) in [4.78, 5) is 11.5. The lowest BCUT2D eigenvalue weighted by molar-refractivity contribution is -0.137. The van der Waals surface area contributed by atoms with Gasteiger partial charge in [-0.05, 0) is 24.1 Å². The highest BCUT2D eigenvalue weighted by Crippen LogP contribution is 2.32. The van der Waals surface area contributed by atoms with Crippen LogP contribution in [0.2, 0.25) is 0 Å². The Kier molecular flexibility index (Phi) is 5.24. The number of benzene rings is 1. The lowest BCUT2D eigenvalue weighted by Crippen LogP contribution is -2.32. The summed E-state index contributed by atoms with van der Waals surface area (Å²) in [5, 5.41) is 5.40. The number of amides is 1. The number of nitrogens with two attached hydrogens (primary N) is 1. The molecule has 0 aliphatic rings. The molecule has 20 heavy (non-hydrogen) atoms. The number of hydrogen-bond acceptors (Lipinski definition) is 3. The van der Waals surface area contributed by atoms with Gasteiger partial charge in [-0.15, -0.1) is 0 Å². The average molecular weight is 289 g/mol. The molecule has 0 spiro atoms. The number of nitrogen functional groups attached to an aromatic ring is 1. The molecule has 4 nitrogen and oxygen atoms in total. The highest BCUT2D eigenvalue weighted by atomic mass is 19.4. The fourth-order valence-electron chi connectivity index (χ4n) is 1.46. The van der Waals surface area contributed by atoms with Gasteiger partial charge >= 0.3 is 6.18 Å². The van der Waals surface area contributed by atoms with E-state index in [1.807, 2.05) is 13.8 Å². The summed E-state index contributed by atoms with van der Waals surface area (Å²) < 4.78 is 37.3. The fourth-order valence-corrected chi connectivity index (χ4v) is 1.46. The van der Waals surface area contributed by atoms with Gasteiger partial charge in [-0.1, -0.05) is 13.8 Å². The van der Waals surface area contributed by atoms with Crippen molar-refractivity contribution in [3.05, 3.63) is 23.8 Å². The minimum absolute atomic E-state index is 0.0394. The monoisotopic (exact) mass is 289 g/mol. The summed E-state index contributed by atoms with van der Waals surface area (Å²) in [6.45, 7) is 4.43. The molecule has 0 heterocycles. The number of halogens is 3.